The third-order valence-electron chi connectivity index (χ3n) is 3.60. The van der Waals surface area contributed by atoms with E-state index in [1.807, 2.05) is 48.5 Å². The van der Waals surface area contributed by atoms with E-state index < -0.39 is 0 Å². The molecule has 7 heteroatoms. The number of hydrogen-bond acceptors (Lipinski definition) is 7. The van der Waals surface area contributed by atoms with Gasteiger partial charge in [-0.3, -0.25) is 0 Å². The zero-order valence-corrected chi connectivity index (χ0v) is 13.5. The summed E-state index contributed by atoms with van der Waals surface area (Å²) in [6.07, 6.45) is 0. The second-order valence-electron chi connectivity index (χ2n) is 5.40. The van der Waals surface area contributed by atoms with E-state index >= 15 is 0 Å². The fourth-order valence-corrected chi connectivity index (χ4v) is 2.41. The van der Waals surface area contributed by atoms with Crippen LogP contribution in [0.4, 0.5) is 5.69 Å². The number of nitrogens with zero attached hydrogens (tertiary/aromatic N) is 2. The predicted molar refractivity (Wildman–Crippen MR) is 89.8 cm³/mol. The molecule has 3 aromatic rings. The van der Waals surface area contributed by atoms with Gasteiger partial charge in [0, 0.05) is 11.8 Å². The Kier molecular flexibility index (Phi) is 4.37. The maximum Gasteiger partial charge on any atom is 0.253 e. The molecule has 0 fully saturated rings. The highest BCUT2D eigenvalue weighted by Crippen LogP contribution is 2.32. The van der Waals surface area contributed by atoms with E-state index in [9.17, 15) is 0 Å². The van der Waals surface area contributed by atoms with Gasteiger partial charge in [-0.2, -0.15) is 0 Å². The van der Waals surface area contributed by atoms with Crippen LogP contribution in [0.2, 0.25) is 0 Å². The lowest BCUT2D eigenvalue weighted by molar-refractivity contribution is 0.171. The number of rotatable bonds is 6. The summed E-state index contributed by atoms with van der Waals surface area (Å²) in [5, 5.41) is 11.2. The maximum atomic E-state index is 5.58. The highest BCUT2D eigenvalue weighted by Gasteiger charge is 2.12. The van der Waals surface area contributed by atoms with E-state index in [0.29, 0.717) is 31.5 Å². The van der Waals surface area contributed by atoms with E-state index in [4.69, 9.17) is 18.6 Å². The van der Waals surface area contributed by atoms with E-state index in [1.54, 1.807) is 0 Å². The summed E-state index contributed by atoms with van der Waals surface area (Å²) in [7, 11) is 0. The lowest BCUT2D eigenvalue weighted by Gasteiger charge is -2.19. The van der Waals surface area contributed by atoms with Gasteiger partial charge in [0.2, 0.25) is 5.89 Å². The van der Waals surface area contributed by atoms with Crippen molar-refractivity contribution in [1.29, 1.82) is 0 Å². The molecular weight excluding hydrogens is 322 g/mol. The third kappa shape index (κ3) is 3.82. The van der Waals surface area contributed by atoms with Crippen LogP contribution in [0.15, 0.2) is 52.9 Å². The molecule has 4 rings (SSSR count). The second-order valence-corrected chi connectivity index (χ2v) is 5.40. The molecule has 1 aliphatic rings. The van der Waals surface area contributed by atoms with Crippen molar-refractivity contribution in [3.05, 3.63) is 60.3 Å². The lowest BCUT2D eigenvalue weighted by atomic mass is 10.2. The standard InChI is InChI=1S/C18H17N3O4/c1-2-4-14(5-3-1)24-12-18-21-20-17(25-18)11-19-13-6-7-15-16(10-13)23-9-8-22-15/h1-7,10,19H,8-9,11-12H2. The van der Waals surface area contributed by atoms with Crippen molar-refractivity contribution in [3.63, 3.8) is 0 Å². The van der Waals surface area contributed by atoms with Gasteiger partial charge >= 0.3 is 0 Å². The minimum Gasteiger partial charge on any atom is -0.486 e. The molecule has 0 amide bonds. The molecular formula is C18H17N3O4. The Morgan fingerprint density at radius 2 is 1.72 bits per heavy atom. The molecule has 1 N–H and O–H groups in total. The zero-order chi connectivity index (χ0) is 16.9. The van der Waals surface area contributed by atoms with Crippen molar-refractivity contribution in [2.75, 3.05) is 18.5 Å². The summed E-state index contributed by atoms with van der Waals surface area (Å²) < 4.78 is 22.2. The largest absolute Gasteiger partial charge is 0.486 e. The first-order chi connectivity index (χ1) is 12.4. The van der Waals surface area contributed by atoms with Crippen LogP contribution in [0.3, 0.4) is 0 Å². The average Bonchev–Trinajstić information content (AvgIpc) is 3.13. The molecule has 0 spiro atoms. The van der Waals surface area contributed by atoms with Crippen LogP contribution in [-0.2, 0) is 13.2 Å². The van der Waals surface area contributed by atoms with Gasteiger partial charge in [0.25, 0.3) is 5.89 Å². The minimum atomic E-state index is 0.237. The molecule has 1 aliphatic heterocycles. The van der Waals surface area contributed by atoms with Gasteiger partial charge in [0.15, 0.2) is 18.1 Å². The van der Waals surface area contributed by atoms with Gasteiger partial charge in [-0.05, 0) is 24.3 Å². The summed E-state index contributed by atoms with van der Waals surface area (Å²) in [5.41, 5.74) is 0.893. The minimum absolute atomic E-state index is 0.237. The van der Waals surface area contributed by atoms with E-state index in [0.717, 1.165) is 22.9 Å². The SMILES string of the molecule is c1ccc(OCc2nnc(CNc3ccc4c(c3)OCCO4)o2)cc1. The first-order valence-electron chi connectivity index (χ1n) is 7.99. The van der Waals surface area contributed by atoms with Crippen molar-refractivity contribution >= 4 is 5.69 Å². The third-order valence-corrected chi connectivity index (χ3v) is 3.60. The first-order valence-corrected chi connectivity index (χ1v) is 7.99. The Morgan fingerprint density at radius 1 is 0.920 bits per heavy atom. The second kappa shape index (κ2) is 7.12. The Balaban J connectivity index is 1.32. The maximum absolute atomic E-state index is 5.58. The van der Waals surface area contributed by atoms with Crippen molar-refractivity contribution in [1.82, 2.24) is 10.2 Å². The quantitative estimate of drug-likeness (QED) is 0.739. The Labute approximate surface area is 144 Å². The van der Waals surface area contributed by atoms with Crippen LogP contribution in [-0.4, -0.2) is 23.4 Å². The highest BCUT2D eigenvalue weighted by molar-refractivity contribution is 5.55. The molecule has 0 aliphatic carbocycles. The Morgan fingerprint density at radius 3 is 2.60 bits per heavy atom. The van der Waals surface area contributed by atoms with Crippen LogP contribution < -0.4 is 19.5 Å². The fourth-order valence-electron chi connectivity index (χ4n) is 2.41. The normalized spacial score (nSPS) is 12.6. The summed E-state index contributed by atoms with van der Waals surface area (Å²) >= 11 is 0. The van der Waals surface area contributed by atoms with Crippen LogP contribution >= 0.6 is 0 Å². The molecule has 128 valence electrons. The predicted octanol–water partition coefficient (Wildman–Crippen LogP) is 3.03. The lowest BCUT2D eigenvalue weighted by Crippen LogP contribution is -2.15. The van der Waals surface area contributed by atoms with Gasteiger partial charge < -0.3 is 23.9 Å². The number of aromatic nitrogens is 2. The van der Waals surface area contributed by atoms with Crippen molar-refractivity contribution in [2.24, 2.45) is 0 Å². The molecule has 25 heavy (non-hydrogen) atoms. The van der Waals surface area contributed by atoms with Gasteiger partial charge in [0.1, 0.15) is 19.0 Å². The number of fused-ring (bicyclic) bond motifs is 1. The van der Waals surface area contributed by atoms with Gasteiger partial charge in [-0.25, -0.2) is 0 Å². The average molecular weight is 339 g/mol. The number of benzene rings is 2. The molecule has 2 aromatic carbocycles. The smallest absolute Gasteiger partial charge is 0.253 e. The Bertz CT molecular complexity index is 835. The summed E-state index contributed by atoms with van der Waals surface area (Å²) in [5.74, 6) is 3.18. The van der Waals surface area contributed by atoms with Crippen LogP contribution in [0, 0.1) is 0 Å². The highest BCUT2D eigenvalue weighted by atomic mass is 16.6. The summed E-state index contributed by atoms with van der Waals surface area (Å²) in [6.45, 7) is 1.79. The Hall–Kier alpha value is -3.22. The van der Waals surface area contributed by atoms with Gasteiger partial charge in [-0.1, -0.05) is 18.2 Å². The number of hydrogen-bond donors (Lipinski definition) is 1. The van der Waals surface area contributed by atoms with E-state index in [-0.39, 0.29) is 6.61 Å². The van der Waals surface area contributed by atoms with E-state index in [1.165, 1.54) is 0 Å². The van der Waals surface area contributed by atoms with Crippen LogP contribution in [0.1, 0.15) is 11.8 Å². The molecule has 0 unspecified atom stereocenters. The number of para-hydroxylation sites is 1. The van der Waals surface area contributed by atoms with Crippen molar-refractivity contribution in [3.8, 4) is 17.2 Å². The van der Waals surface area contributed by atoms with Crippen molar-refractivity contribution < 1.29 is 18.6 Å². The molecule has 0 saturated carbocycles. The molecule has 0 radical (unpaired) electrons. The number of nitrogens with one attached hydrogen (secondary N) is 1. The summed E-state index contributed by atoms with van der Waals surface area (Å²) in [4.78, 5) is 0. The summed E-state index contributed by atoms with van der Waals surface area (Å²) in [6, 6.07) is 15.2. The molecule has 0 saturated heterocycles. The monoisotopic (exact) mass is 339 g/mol. The molecule has 0 bridgehead atoms. The van der Waals surface area contributed by atoms with Crippen LogP contribution in [0.25, 0.3) is 0 Å². The van der Waals surface area contributed by atoms with Gasteiger partial charge in [-0.15, -0.1) is 10.2 Å². The molecule has 1 aromatic heterocycles. The molecule has 7 nitrogen and oxygen atoms in total. The molecule has 0 atom stereocenters. The molecule has 2 heterocycles. The topological polar surface area (TPSA) is 78.6 Å². The van der Waals surface area contributed by atoms with Crippen LogP contribution in [0.5, 0.6) is 17.2 Å². The van der Waals surface area contributed by atoms with Crippen molar-refractivity contribution in [2.45, 2.75) is 13.2 Å². The first kappa shape index (κ1) is 15.3. The van der Waals surface area contributed by atoms with Gasteiger partial charge in [0.05, 0.1) is 6.54 Å². The zero-order valence-electron chi connectivity index (χ0n) is 13.5. The number of ether oxygens (including phenoxy) is 3. The van der Waals surface area contributed by atoms with E-state index in [2.05, 4.69) is 15.5 Å². The number of anilines is 1. The fraction of sp³-hybridized carbons (Fsp3) is 0.222.